The minimum Gasteiger partial charge on any atom is -0.0616 e. The molecule has 0 nitrogen and oxygen atoms in total. The van der Waals surface area contributed by atoms with Crippen LogP contribution in [0.15, 0.2) is 194 Å². The summed E-state index contributed by atoms with van der Waals surface area (Å²) in [4.78, 5) is 0. The van der Waals surface area contributed by atoms with E-state index in [1.54, 1.807) is 0 Å². The van der Waals surface area contributed by atoms with Crippen LogP contribution < -0.4 is 0 Å². The number of hydrogen-bond acceptors (Lipinski definition) is 0. The van der Waals surface area contributed by atoms with E-state index in [0.29, 0.717) is 0 Å². The van der Waals surface area contributed by atoms with Gasteiger partial charge in [-0.05, 0) is 104 Å². The highest BCUT2D eigenvalue weighted by atomic mass is 14.2. The van der Waals surface area contributed by atoms with E-state index in [1.807, 2.05) is 0 Å². The first-order chi connectivity index (χ1) is 24.8. The monoisotopic (exact) mass is 632 g/mol. The Morgan fingerprint density at radius 2 is 0.580 bits per heavy atom. The van der Waals surface area contributed by atoms with Crippen LogP contribution in [0.2, 0.25) is 0 Å². The van der Waals surface area contributed by atoms with Crippen molar-refractivity contribution < 1.29 is 0 Å². The zero-order valence-corrected chi connectivity index (χ0v) is 27.5. The Morgan fingerprint density at radius 3 is 1.20 bits per heavy atom. The van der Waals surface area contributed by atoms with E-state index in [4.69, 9.17) is 0 Å². The zero-order valence-electron chi connectivity index (χ0n) is 27.5. The van der Waals surface area contributed by atoms with Crippen molar-refractivity contribution >= 4 is 53.9 Å². The summed E-state index contributed by atoms with van der Waals surface area (Å²) in [7, 11) is 0. The SMILES string of the molecule is c1cc(-c2ccc(-c3cccc4ccccc34)c3ccccc23)cc(-c2c3ccccc3c(-c3cccc4ccccc34)c3ccccc23)c1. The van der Waals surface area contributed by atoms with E-state index in [1.165, 1.54) is 98.4 Å². The second-order valence-corrected chi connectivity index (χ2v) is 13.2. The second-order valence-electron chi connectivity index (χ2n) is 13.2. The lowest BCUT2D eigenvalue weighted by Gasteiger charge is -2.19. The van der Waals surface area contributed by atoms with Gasteiger partial charge in [-0.3, -0.25) is 0 Å². The predicted molar refractivity (Wildman–Crippen MR) is 216 cm³/mol. The van der Waals surface area contributed by atoms with E-state index in [2.05, 4.69) is 194 Å². The quantitative estimate of drug-likeness (QED) is 0.169. The first kappa shape index (κ1) is 28.5. The Hall–Kier alpha value is -6.50. The number of hydrogen-bond donors (Lipinski definition) is 0. The summed E-state index contributed by atoms with van der Waals surface area (Å²) in [6, 6.07) is 71.3. The fourth-order valence-corrected chi connectivity index (χ4v) is 8.26. The molecule has 0 aliphatic rings. The van der Waals surface area contributed by atoms with Gasteiger partial charge in [0.15, 0.2) is 0 Å². The van der Waals surface area contributed by atoms with Crippen molar-refractivity contribution in [2.75, 3.05) is 0 Å². The molecule has 0 atom stereocenters. The number of rotatable bonds is 4. The molecule has 10 aromatic carbocycles. The van der Waals surface area contributed by atoms with E-state index >= 15 is 0 Å². The largest absolute Gasteiger partial charge is 0.0616 e. The van der Waals surface area contributed by atoms with Crippen molar-refractivity contribution in [3.8, 4) is 44.5 Å². The van der Waals surface area contributed by atoms with Gasteiger partial charge in [-0.15, -0.1) is 0 Å². The minimum absolute atomic E-state index is 1.22. The first-order valence-electron chi connectivity index (χ1n) is 17.4. The standard InChI is InChI=1S/C50H32/c1-3-20-37-33(14-1)16-12-28-41(37)43-31-30-39(40-22-5-6-23-42(40)43)35-18-11-19-36(32-35)49-45-24-7-9-26-47(45)50(48-27-10-8-25-46(48)49)44-29-13-17-34-15-2-4-21-38(34)44/h1-32H. The van der Waals surface area contributed by atoms with Crippen LogP contribution in [0.5, 0.6) is 0 Å². The molecule has 0 unspecified atom stereocenters. The van der Waals surface area contributed by atoms with Gasteiger partial charge in [0.25, 0.3) is 0 Å². The van der Waals surface area contributed by atoms with Gasteiger partial charge in [0.2, 0.25) is 0 Å². The summed E-state index contributed by atoms with van der Waals surface area (Å²) < 4.78 is 0. The lowest BCUT2D eigenvalue weighted by molar-refractivity contribution is 1.63. The Bertz CT molecular complexity index is 2860. The summed E-state index contributed by atoms with van der Waals surface area (Å²) in [6.45, 7) is 0. The molecule has 0 heteroatoms. The molecule has 0 radical (unpaired) electrons. The third-order valence-corrected chi connectivity index (χ3v) is 10.5. The molecule has 0 bridgehead atoms. The maximum atomic E-state index is 2.39. The van der Waals surface area contributed by atoms with Crippen LogP contribution in [0.3, 0.4) is 0 Å². The minimum atomic E-state index is 1.22. The molecule has 0 aliphatic carbocycles. The van der Waals surface area contributed by atoms with Crippen LogP contribution in [0.4, 0.5) is 0 Å². The van der Waals surface area contributed by atoms with E-state index in [-0.39, 0.29) is 0 Å². The number of fused-ring (bicyclic) bond motifs is 5. The van der Waals surface area contributed by atoms with Crippen LogP contribution in [0.1, 0.15) is 0 Å². The van der Waals surface area contributed by atoms with Crippen LogP contribution in [0.25, 0.3) is 98.4 Å². The Morgan fingerprint density at radius 1 is 0.200 bits per heavy atom. The van der Waals surface area contributed by atoms with Gasteiger partial charge < -0.3 is 0 Å². The summed E-state index contributed by atoms with van der Waals surface area (Å²) in [6.07, 6.45) is 0. The molecule has 0 aliphatic heterocycles. The highest BCUT2D eigenvalue weighted by molar-refractivity contribution is 6.23. The fraction of sp³-hybridized carbons (Fsp3) is 0. The smallest absolute Gasteiger partial charge is 0.00201 e. The average molecular weight is 633 g/mol. The molecular formula is C50H32. The van der Waals surface area contributed by atoms with Crippen LogP contribution in [0, 0.1) is 0 Å². The topological polar surface area (TPSA) is 0 Å². The van der Waals surface area contributed by atoms with E-state index in [9.17, 15) is 0 Å². The molecule has 0 N–H and O–H groups in total. The molecule has 10 aromatic rings. The van der Waals surface area contributed by atoms with Gasteiger partial charge in [-0.25, -0.2) is 0 Å². The predicted octanol–water partition coefficient (Wildman–Crippen LogP) is 14.1. The summed E-state index contributed by atoms with van der Waals surface area (Å²) in [5, 5.41) is 12.7. The Balaban J connectivity index is 1.20. The molecule has 0 amide bonds. The molecule has 0 fully saturated rings. The van der Waals surface area contributed by atoms with Crippen molar-refractivity contribution in [1.82, 2.24) is 0 Å². The van der Waals surface area contributed by atoms with Gasteiger partial charge in [0.1, 0.15) is 0 Å². The van der Waals surface area contributed by atoms with Gasteiger partial charge in [-0.1, -0.05) is 188 Å². The maximum absolute atomic E-state index is 2.39. The lowest BCUT2D eigenvalue weighted by Crippen LogP contribution is -1.92. The van der Waals surface area contributed by atoms with Crippen molar-refractivity contribution in [2.24, 2.45) is 0 Å². The van der Waals surface area contributed by atoms with E-state index < -0.39 is 0 Å². The molecular weight excluding hydrogens is 601 g/mol. The van der Waals surface area contributed by atoms with Crippen LogP contribution >= 0.6 is 0 Å². The van der Waals surface area contributed by atoms with Gasteiger partial charge in [0.05, 0.1) is 0 Å². The highest BCUT2D eigenvalue weighted by Gasteiger charge is 2.19. The van der Waals surface area contributed by atoms with Crippen molar-refractivity contribution in [3.63, 3.8) is 0 Å². The van der Waals surface area contributed by atoms with Crippen molar-refractivity contribution in [2.45, 2.75) is 0 Å². The van der Waals surface area contributed by atoms with E-state index in [0.717, 1.165) is 0 Å². The lowest BCUT2D eigenvalue weighted by atomic mass is 9.84. The summed E-state index contributed by atoms with van der Waals surface area (Å²) in [5.74, 6) is 0. The zero-order chi connectivity index (χ0) is 33.0. The summed E-state index contributed by atoms with van der Waals surface area (Å²) in [5.41, 5.74) is 10.1. The molecule has 232 valence electrons. The van der Waals surface area contributed by atoms with Gasteiger partial charge in [-0.2, -0.15) is 0 Å². The van der Waals surface area contributed by atoms with Crippen molar-refractivity contribution in [3.05, 3.63) is 194 Å². The molecule has 0 saturated heterocycles. The molecule has 0 saturated carbocycles. The second kappa shape index (κ2) is 11.6. The average Bonchev–Trinajstić information content (AvgIpc) is 3.19. The number of benzene rings is 10. The van der Waals surface area contributed by atoms with Crippen LogP contribution in [-0.2, 0) is 0 Å². The molecule has 0 spiro atoms. The molecule has 0 aromatic heterocycles. The molecule has 0 heterocycles. The highest BCUT2D eigenvalue weighted by Crippen LogP contribution is 2.46. The maximum Gasteiger partial charge on any atom is -0.00201 e. The third-order valence-electron chi connectivity index (χ3n) is 10.5. The molecule has 10 rings (SSSR count). The van der Waals surface area contributed by atoms with Crippen molar-refractivity contribution in [1.29, 1.82) is 0 Å². The van der Waals surface area contributed by atoms with Gasteiger partial charge in [0, 0.05) is 0 Å². The molecule has 50 heavy (non-hydrogen) atoms. The Kier molecular flexibility index (Phi) is 6.60. The van der Waals surface area contributed by atoms with Crippen LogP contribution in [-0.4, -0.2) is 0 Å². The first-order valence-corrected chi connectivity index (χ1v) is 17.4. The fourth-order valence-electron chi connectivity index (χ4n) is 8.26. The summed E-state index contributed by atoms with van der Waals surface area (Å²) >= 11 is 0. The van der Waals surface area contributed by atoms with Gasteiger partial charge >= 0.3 is 0 Å². The normalized spacial score (nSPS) is 11.6. The Labute approximate surface area is 291 Å². The third kappa shape index (κ3) is 4.46.